The number of carbonyl (C=O) groups is 1. The van der Waals surface area contributed by atoms with Crippen LogP contribution in [0.25, 0.3) is 0 Å². The highest BCUT2D eigenvalue weighted by Crippen LogP contribution is 2.37. The number of hydrogen-bond donors (Lipinski definition) is 1. The number of amides is 1. The molecule has 3 aromatic carbocycles. The lowest BCUT2D eigenvalue weighted by atomic mass is 9.96. The Balaban J connectivity index is 1.63. The number of carbonyl (C=O) groups excluding carboxylic acids is 1. The second kappa shape index (κ2) is 9.67. The monoisotopic (exact) mass is 464 g/mol. The van der Waals surface area contributed by atoms with Crippen LogP contribution >= 0.6 is 0 Å². The molecule has 0 saturated carbocycles. The molecule has 7 heteroatoms. The lowest BCUT2D eigenvalue weighted by Crippen LogP contribution is -2.51. The van der Waals surface area contributed by atoms with Crippen LogP contribution in [0.4, 0.5) is 5.69 Å². The molecule has 4 rings (SSSR count). The first kappa shape index (κ1) is 22.9. The van der Waals surface area contributed by atoms with Crippen LogP contribution in [-0.4, -0.2) is 27.0 Å². The van der Waals surface area contributed by atoms with Crippen LogP contribution in [0.2, 0.25) is 0 Å². The number of fused-ring (bicyclic) bond motifs is 1. The highest BCUT2D eigenvalue weighted by atomic mass is 32.2. The number of para-hydroxylation sites is 2. The topological polar surface area (TPSA) is 75.7 Å². The first-order valence-electron chi connectivity index (χ1n) is 11.0. The molecule has 0 aliphatic carbocycles. The molecule has 0 aromatic heterocycles. The molecule has 0 bridgehead atoms. The molecule has 2 atom stereocenters. The van der Waals surface area contributed by atoms with Gasteiger partial charge in [-0.05, 0) is 42.2 Å². The van der Waals surface area contributed by atoms with E-state index in [0.29, 0.717) is 17.4 Å². The third-order valence-corrected chi connectivity index (χ3v) is 7.38. The Hall–Kier alpha value is -3.32. The van der Waals surface area contributed by atoms with E-state index < -0.39 is 16.1 Å². The summed E-state index contributed by atoms with van der Waals surface area (Å²) in [6, 6.07) is 24.7. The van der Waals surface area contributed by atoms with E-state index in [2.05, 4.69) is 19.2 Å². The predicted octanol–water partition coefficient (Wildman–Crippen LogP) is 4.55. The molecule has 0 fully saturated rings. The van der Waals surface area contributed by atoms with Crippen molar-refractivity contribution in [3.05, 3.63) is 90.5 Å². The first-order valence-corrected chi connectivity index (χ1v) is 12.5. The molecule has 1 N–H and O–H groups in total. The minimum Gasteiger partial charge on any atom is -0.476 e. The van der Waals surface area contributed by atoms with Gasteiger partial charge in [0.25, 0.3) is 15.9 Å². The average Bonchev–Trinajstić information content (AvgIpc) is 2.83. The second-order valence-corrected chi connectivity index (χ2v) is 10.4. The molecule has 1 aliphatic rings. The number of rotatable bonds is 7. The van der Waals surface area contributed by atoms with Crippen molar-refractivity contribution in [1.82, 2.24) is 5.32 Å². The second-order valence-electron chi connectivity index (χ2n) is 8.52. The lowest BCUT2D eigenvalue weighted by Gasteiger charge is -2.35. The Morgan fingerprint density at radius 1 is 0.970 bits per heavy atom. The van der Waals surface area contributed by atoms with Gasteiger partial charge in [-0.1, -0.05) is 74.5 Å². The fraction of sp³-hybridized carbons (Fsp3) is 0.269. The molecular formula is C26H28N2O4S. The summed E-state index contributed by atoms with van der Waals surface area (Å²) in [4.78, 5) is 13.5. The van der Waals surface area contributed by atoms with Crippen molar-refractivity contribution in [2.24, 2.45) is 5.92 Å². The van der Waals surface area contributed by atoms with Crippen LogP contribution in [0.1, 0.15) is 31.9 Å². The van der Waals surface area contributed by atoms with Gasteiger partial charge >= 0.3 is 0 Å². The number of anilines is 1. The van der Waals surface area contributed by atoms with Crippen molar-refractivity contribution < 1.29 is 17.9 Å². The summed E-state index contributed by atoms with van der Waals surface area (Å²) >= 11 is 0. The van der Waals surface area contributed by atoms with Gasteiger partial charge in [-0.2, -0.15) is 0 Å². The third-order valence-electron chi connectivity index (χ3n) is 5.58. The van der Waals surface area contributed by atoms with Gasteiger partial charge < -0.3 is 10.1 Å². The Labute approximate surface area is 195 Å². The zero-order chi connectivity index (χ0) is 23.4. The number of nitrogens with zero attached hydrogens (tertiary/aromatic N) is 1. The van der Waals surface area contributed by atoms with E-state index in [9.17, 15) is 13.2 Å². The van der Waals surface area contributed by atoms with Crippen molar-refractivity contribution in [2.75, 3.05) is 10.8 Å². The van der Waals surface area contributed by atoms with Gasteiger partial charge in [0.15, 0.2) is 6.10 Å². The van der Waals surface area contributed by atoms with E-state index in [1.165, 1.54) is 4.31 Å². The lowest BCUT2D eigenvalue weighted by molar-refractivity contribution is -0.128. The molecule has 3 aromatic rings. The molecule has 1 amide bonds. The maximum absolute atomic E-state index is 13.4. The summed E-state index contributed by atoms with van der Waals surface area (Å²) in [7, 11) is -3.87. The maximum atomic E-state index is 13.4. The van der Waals surface area contributed by atoms with E-state index in [4.69, 9.17) is 4.74 Å². The first-order chi connectivity index (χ1) is 15.9. The summed E-state index contributed by atoms with van der Waals surface area (Å²) in [5, 5.41) is 3.09. The van der Waals surface area contributed by atoms with E-state index in [1.807, 2.05) is 30.3 Å². The number of hydrogen-bond acceptors (Lipinski definition) is 4. The summed E-state index contributed by atoms with van der Waals surface area (Å²) in [5.41, 5.74) is 1.43. The SMILES string of the molecule is CC(C)C[C@H](NC(=O)[C@H]1CN(S(=O)(=O)c2ccccc2)c2ccccc2O1)c1ccccc1. The molecule has 6 nitrogen and oxygen atoms in total. The molecule has 0 spiro atoms. The number of ether oxygens (including phenoxy) is 1. The van der Waals surface area contributed by atoms with Gasteiger partial charge in [0.1, 0.15) is 5.75 Å². The third kappa shape index (κ3) is 5.03. The number of sulfonamides is 1. The summed E-state index contributed by atoms with van der Waals surface area (Å²) in [6.07, 6.45) is -0.220. The van der Waals surface area contributed by atoms with Crippen LogP contribution in [0.5, 0.6) is 5.75 Å². The smallest absolute Gasteiger partial charge is 0.264 e. The Morgan fingerprint density at radius 2 is 1.58 bits per heavy atom. The molecule has 172 valence electrons. The number of nitrogens with one attached hydrogen (secondary N) is 1. The van der Waals surface area contributed by atoms with Crippen LogP contribution in [0.15, 0.2) is 89.8 Å². The molecule has 33 heavy (non-hydrogen) atoms. The van der Waals surface area contributed by atoms with Crippen LogP contribution in [0.3, 0.4) is 0 Å². The van der Waals surface area contributed by atoms with Crippen molar-refractivity contribution in [3.63, 3.8) is 0 Å². The predicted molar refractivity (Wildman–Crippen MR) is 129 cm³/mol. The minimum absolute atomic E-state index is 0.108. The van der Waals surface area contributed by atoms with Gasteiger partial charge in [-0.25, -0.2) is 8.42 Å². The average molecular weight is 465 g/mol. The van der Waals surface area contributed by atoms with Gasteiger partial charge in [0, 0.05) is 0 Å². The molecule has 1 heterocycles. The Bertz CT molecular complexity index is 1200. The van der Waals surface area contributed by atoms with Crippen LogP contribution in [0, 0.1) is 5.92 Å². The summed E-state index contributed by atoms with van der Waals surface area (Å²) < 4.78 is 34.1. The zero-order valence-electron chi connectivity index (χ0n) is 18.7. The van der Waals surface area contributed by atoms with Crippen LogP contribution in [-0.2, 0) is 14.8 Å². The summed E-state index contributed by atoms with van der Waals surface area (Å²) in [5.74, 6) is 0.384. The van der Waals surface area contributed by atoms with Gasteiger partial charge in [0.05, 0.1) is 23.2 Å². The molecule has 0 unspecified atom stereocenters. The summed E-state index contributed by atoms with van der Waals surface area (Å²) in [6.45, 7) is 4.09. The van der Waals surface area contributed by atoms with Crippen molar-refractivity contribution in [1.29, 1.82) is 0 Å². The van der Waals surface area contributed by atoms with Gasteiger partial charge in [-0.15, -0.1) is 0 Å². The molecule has 0 radical (unpaired) electrons. The van der Waals surface area contributed by atoms with E-state index in [0.717, 1.165) is 12.0 Å². The Morgan fingerprint density at radius 3 is 2.24 bits per heavy atom. The van der Waals surface area contributed by atoms with Crippen molar-refractivity contribution in [3.8, 4) is 5.75 Å². The fourth-order valence-electron chi connectivity index (χ4n) is 3.99. The molecule has 0 saturated heterocycles. The quantitative estimate of drug-likeness (QED) is 0.557. The van der Waals surface area contributed by atoms with Gasteiger partial charge in [-0.3, -0.25) is 9.10 Å². The van der Waals surface area contributed by atoms with E-state index in [1.54, 1.807) is 54.6 Å². The largest absolute Gasteiger partial charge is 0.476 e. The van der Waals surface area contributed by atoms with Crippen LogP contribution < -0.4 is 14.4 Å². The molecular weight excluding hydrogens is 436 g/mol. The van der Waals surface area contributed by atoms with Crippen molar-refractivity contribution in [2.45, 2.75) is 37.3 Å². The number of benzene rings is 3. The maximum Gasteiger partial charge on any atom is 0.264 e. The van der Waals surface area contributed by atoms with E-state index >= 15 is 0 Å². The minimum atomic E-state index is -3.87. The highest BCUT2D eigenvalue weighted by Gasteiger charge is 2.38. The standard InChI is InChI=1S/C26H28N2O4S/c1-19(2)17-22(20-11-5-3-6-12-20)27-26(29)25-18-28(23-15-9-10-16-24(23)32-25)33(30,31)21-13-7-4-8-14-21/h3-16,19,22,25H,17-18H2,1-2H3,(H,27,29)/t22-,25+/m0/s1. The highest BCUT2D eigenvalue weighted by molar-refractivity contribution is 7.92. The fourth-order valence-corrected chi connectivity index (χ4v) is 5.48. The zero-order valence-corrected chi connectivity index (χ0v) is 19.5. The van der Waals surface area contributed by atoms with E-state index in [-0.39, 0.29) is 23.4 Å². The van der Waals surface area contributed by atoms with Crippen molar-refractivity contribution >= 4 is 21.6 Å². The molecule has 1 aliphatic heterocycles. The van der Waals surface area contributed by atoms with Gasteiger partial charge in [0.2, 0.25) is 0 Å². The Kier molecular flexibility index (Phi) is 6.70. The normalized spacial score (nSPS) is 16.6.